The Hall–Kier alpha value is -0.800. The van der Waals surface area contributed by atoms with Crippen molar-refractivity contribution in [1.29, 1.82) is 0 Å². The van der Waals surface area contributed by atoms with E-state index in [1.807, 2.05) is 19.0 Å². The van der Waals surface area contributed by atoms with Gasteiger partial charge in [0.25, 0.3) is 0 Å². The smallest absolute Gasteiger partial charge is 0.147 e. The van der Waals surface area contributed by atoms with Crippen LogP contribution in [0.3, 0.4) is 0 Å². The Morgan fingerprint density at radius 3 is 2.20 bits per heavy atom. The van der Waals surface area contributed by atoms with Crippen LogP contribution in [0.4, 0.5) is 4.39 Å². The van der Waals surface area contributed by atoms with Crippen LogP contribution < -0.4 is 0 Å². The van der Waals surface area contributed by atoms with Crippen LogP contribution in [0.5, 0.6) is 0 Å². The van der Waals surface area contributed by atoms with Gasteiger partial charge in [-0.25, -0.2) is 4.39 Å². The predicted molar refractivity (Wildman–Crippen MR) is 64.5 cm³/mol. The van der Waals surface area contributed by atoms with E-state index >= 15 is 0 Å². The van der Waals surface area contributed by atoms with Gasteiger partial charge in [0.2, 0.25) is 0 Å². The van der Waals surface area contributed by atoms with E-state index < -0.39 is 5.83 Å². The van der Waals surface area contributed by atoms with Gasteiger partial charge in [-0.3, -0.25) is 0 Å². The van der Waals surface area contributed by atoms with Crippen LogP contribution in [0.15, 0.2) is 35.8 Å². The molecule has 0 aromatic rings. The van der Waals surface area contributed by atoms with E-state index in [1.54, 1.807) is 11.9 Å². The van der Waals surface area contributed by atoms with Crippen LogP contribution in [0.2, 0.25) is 0 Å². The summed E-state index contributed by atoms with van der Waals surface area (Å²) in [6.45, 7) is 8.59. The van der Waals surface area contributed by atoms with E-state index in [2.05, 4.69) is 13.2 Å². The summed E-state index contributed by atoms with van der Waals surface area (Å²) in [4.78, 5) is 3.76. The lowest BCUT2D eigenvalue weighted by Gasteiger charge is -2.22. The minimum absolute atomic E-state index is 0.162. The van der Waals surface area contributed by atoms with Crippen molar-refractivity contribution in [2.45, 2.75) is 0 Å². The second-order valence-electron chi connectivity index (χ2n) is 3.61. The third kappa shape index (κ3) is 6.31. The van der Waals surface area contributed by atoms with E-state index in [9.17, 15) is 4.39 Å². The predicted octanol–water partition coefficient (Wildman–Crippen LogP) is 2.60. The monoisotopic (exact) mass is 232 g/mol. The minimum atomic E-state index is -0.448. The normalized spacial score (nSPS) is 11.7. The summed E-state index contributed by atoms with van der Waals surface area (Å²) < 4.78 is 13.4. The molecule has 15 heavy (non-hydrogen) atoms. The molecule has 0 rings (SSSR count). The number of nitrogens with zero attached hydrogens (tertiary/aromatic N) is 2. The first-order valence-corrected chi connectivity index (χ1v) is 4.99. The average Bonchev–Trinajstić information content (AvgIpc) is 2.11. The van der Waals surface area contributed by atoms with Crippen molar-refractivity contribution in [3.63, 3.8) is 0 Å². The van der Waals surface area contributed by atoms with Crippen molar-refractivity contribution in [3.05, 3.63) is 35.8 Å². The molecule has 0 aliphatic heterocycles. The summed E-state index contributed by atoms with van der Waals surface area (Å²) in [6, 6.07) is 0. The molecular weight excluding hydrogens is 215 g/mol. The van der Waals surface area contributed by atoms with Crippen LogP contribution >= 0.6 is 11.6 Å². The van der Waals surface area contributed by atoms with Gasteiger partial charge >= 0.3 is 0 Å². The molecular formula is C11H18ClFN2. The zero-order chi connectivity index (χ0) is 12.0. The van der Waals surface area contributed by atoms with Crippen LogP contribution in [0.1, 0.15) is 0 Å². The molecule has 0 aromatic heterocycles. The zero-order valence-corrected chi connectivity index (χ0v) is 10.3. The second kappa shape index (κ2) is 6.64. The number of likely N-dealkylation sites (N-methyl/N-ethyl adjacent to an activating group) is 2. The standard InChI is InChI=1S/C11H18ClFN2/c1-9(12)8-11(13)10(2)15(5)7-6-14(3)4/h8H,1-2,6-7H2,3-5H3/b11-8+. The lowest BCUT2D eigenvalue weighted by Crippen LogP contribution is -2.28. The Morgan fingerprint density at radius 2 is 1.80 bits per heavy atom. The minimum Gasteiger partial charge on any atom is -0.371 e. The molecule has 0 heterocycles. The molecule has 0 bridgehead atoms. The third-order valence-electron chi connectivity index (χ3n) is 1.90. The van der Waals surface area contributed by atoms with Crippen molar-refractivity contribution >= 4 is 11.6 Å². The maximum absolute atomic E-state index is 13.4. The molecule has 2 nitrogen and oxygen atoms in total. The zero-order valence-electron chi connectivity index (χ0n) is 9.56. The molecule has 0 saturated carbocycles. The van der Waals surface area contributed by atoms with E-state index in [0.717, 1.165) is 12.6 Å². The molecule has 0 fully saturated rings. The van der Waals surface area contributed by atoms with Crippen LogP contribution in [0, 0.1) is 0 Å². The fraction of sp³-hybridized carbons (Fsp3) is 0.455. The first-order chi connectivity index (χ1) is 6.84. The molecule has 0 aromatic carbocycles. The van der Waals surface area contributed by atoms with Gasteiger partial charge in [0, 0.05) is 25.2 Å². The highest BCUT2D eigenvalue weighted by Gasteiger charge is 2.07. The van der Waals surface area contributed by atoms with Crippen molar-refractivity contribution in [1.82, 2.24) is 9.80 Å². The van der Waals surface area contributed by atoms with Gasteiger partial charge in [-0.2, -0.15) is 0 Å². The molecule has 0 spiro atoms. The maximum atomic E-state index is 13.4. The van der Waals surface area contributed by atoms with Gasteiger partial charge in [-0.05, 0) is 20.2 Å². The largest absolute Gasteiger partial charge is 0.371 e. The summed E-state index contributed by atoms with van der Waals surface area (Å²) >= 11 is 5.47. The SMILES string of the molecule is C=C(Cl)/C=C(/F)C(=C)N(C)CCN(C)C. The number of allylic oxidation sites excluding steroid dienone is 3. The van der Waals surface area contributed by atoms with Crippen molar-refractivity contribution in [2.24, 2.45) is 0 Å². The van der Waals surface area contributed by atoms with Gasteiger partial charge in [-0.15, -0.1) is 0 Å². The number of halogens is 2. The summed E-state index contributed by atoms with van der Waals surface area (Å²) in [7, 11) is 5.71. The molecule has 86 valence electrons. The van der Waals surface area contributed by atoms with E-state index in [0.29, 0.717) is 12.2 Å². The van der Waals surface area contributed by atoms with Gasteiger partial charge < -0.3 is 9.80 Å². The summed E-state index contributed by atoms with van der Waals surface area (Å²) in [5, 5.41) is 0.162. The highest BCUT2D eigenvalue weighted by atomic mass is 35.5. The molecule has 0 N–H and O–H groups in total. The average molecular weight is 233 g/mol. The lowest BCUT2D eigenvalue weighted by atomic mass is 10.3. The topological polar surface area (TPSA) is 6.48 Å². The van der Waals surface area contributed by atoms with Crippen molar-refractivity contribution < 1.29 is 4.39 Å². The quantitative estimate of drug-likeness (QED) is 0.650. The molecule has 0 atom stereocenters. The number of hydrogen-bond acceptors (Lipinski definition) is 2. The van der Waals surface area contributed by atoms with E-state index in [4.69, 9.17) is 11.6 Å². The van der Waals surface area contributed by atoms with E-state index in [1.165, 1.54) is 0 Å². The second-order valence-corrected chi connectivity index (χ2v) is 4.10. The molecule has 4 heteroatoms. The Morgan fingerprint density at radius 1 is 1.27 bits per heavy atom. The first-order valence-electron chi connectivity index (χ1n) is 4.61. The molecule has 0 amide bonds. The van der Waals surface area contributed by atoms with Gasteiger partial charge in [-0.1, -0.05) is 24.8 Å². The number of rotatable bonds is 6. The molecule has 0 unspecified atom stereocenters. The summed E-state index contributed by atoms with van der Waals surface area (Å²) in [6.07, 6.45) is 1.16. The van der Waals surface area contributed by atoms with E-state index in [-0.39, 0.29) is 5.03 Å². The summed E-state index contributed by atoms with van der Waals surface area (Å²) in [5.74, 6) is -0.448. The number of hydrogen-bond donors (Lipinski definition) is 0. The lowest BCUT2D eigenvalue weighted by molar-refractivity contribution is 0.322. The maximum Gasteiger partial charge on any atom is 0.147 e. The highest BCUT2D eigenvalue weighted by Crippen LogP contribution is 2.16. The first kappa shape index (κ1) is 14.2. The van der Waals surface area contributed by atoms with Crippen molar-refractivity contribution in [3.8, 4) is 0 Å². The van der Waals surface area contributed by atoms with Gasteiger partial charge in [0.1, 0.15) is 5.83 Å². The Kier molecular flexibility index (Phi) is 6.29. The Labute approximate surface area is 96.3 Å². The van der Waals surface area contributed by atoms with Crippen LogP contribution in [-0.2, 0) is 0 Å². The Bertz CT molecular complexity index is 272. The fourth-order valence-electron chi connectivity index (χ4n) is 0.888. The van der Waals surface area contributed by atoms with Crippen LogP contribution in [-0.4, -0.2) is 44.0 Å². The highest BCUT2D eigenvalue weighted by molar-refractivity contribution is 6.30. The summed E-state index contributed by atoms with van der Waals surface area (Å²) in [5.41, 5.74) is 0.318. The van der Waals surface area contributed by atoms with Gasteiger partial charge in [0.05, 0.1) is 5.70 Å². The third-order valence-corrected chi connectivity index (χ3v) is 2.01. The molecule has 0 radical (unpaired) electrons. The molecule has 0 aliphatic rings. The van der Waals surface area contributed by atoms with Crippen molar-refractivity contribution in [2.75, 3.05) is 34.2 Å². The molecule has 0 aliphatic carbocycles. The molecule has 0 saturated heterocycles. The fourth-order valence-corrected chi connectivity index (χ4v) is 0.984. The van der Waals surface area contributed by atoms with Gasteiger partial charge in [0.15, 0.2) is 0 Å². The van der Waals surface area contributed by atoms with Crippen LogP contribution in [0.25, 0.3) is 0 Å². The Balaban J connectivity index is 4.26.